The van der Waals surface area contributed by atoms with Crippen molar-refractivity contribution in [1.29, 1.82) is 0 Å². The van der Waals surface area contributed by atoms with Crippen LogP contribution in [0.1, 0.15) is 12.8 Å². The molecule has 1 aromatic carbocycles. The quantitative estimate of drug-likeness (QED) is 0.792. The van der Waals surface area contributed by atoms with E-state index in [0.29, 0.717) is 6.42 Å². The van der Waals surface area contributed by atoms with Crippen molar-refractivity contribution >= 4 is 23.3 Å². The fourth-order valence-corrected chi connectivity index (χ4v) is 2.35. The van der Waals surface area contributed by atoms with Crippen LogP contribution in [0.15, 0.2) is 18.2 Å². The number of ether oxygens (including phenoxy) is 1. The molecule has 2 rings (SSSR count). The number of carbonyl (C=O) groups excluding carboxylic acids is 1. The van der Waals surface area contributed by atoms with Crippen molar-refractivity contribution in [3.63, 3.8) is 0 Å². The molecule has 1 saturated heterocycles. The van der Waals surface area contributed by atoms with Gasteiger partial charge in [0.15, 0.2) is 0 Å². The van der Waals surface area contributed by atoms with Crippen LogP contribution in [0.2, 0.25) is 5.02 Å². The van der Waals surface area contributed by atoms with Crippen LogP contribution >= 0.6 is 11.6 Å². The summed E-state index contributed by atoms with van der Waals surface area (Å²) in [7, 11) is 1.39. The Balaban J connectivity index is 1.99. The zero-order valence-electron chi connectivity index (χ0n) is 10.2. The number of halogens is 2. The molecule has 0 amide bonds. The average Bonchev–Trinajstić information content (AvgIpc) is 2.81. The van der Waals surface area contributed by atoms with E-state index in [9.17, 15) is 9.18 Å². The molecule has 18 heavy (non-hydrogen) atoms. The number of rotatable bonds is 3. The van der Waals surface area contributed by atoms with Crippen molar-refractivity contribution in [3.8, 4) is 0 Å². The first-order valence-electron chi connectivity index (χ1n) is 5.87. The summed E-state index contributed by atoms with van der Waals surface area (Å²) in [6.07, 6.45) is 1.34. The Morgan fingerprint density at radius 1 is 1.61 bits per heavy atom. The molecule has 1 heterocycles. The minimum absolute atomic E-state index is 0.129. The van der Waals surface area contributed by atoms with E-state index < -0.39 is 5.82 Å². The third-order valence-corrected chi connectivity index (χ3v) is 3.54. The summed E-state index contributed by atoms with van der Waals surface area (Å²) >= 11 is 5.65. The molecule has 0 aliphatic carbocycles. The molecule has 98 valence electrons. The van der Waals surface area contributed by atoms with E-state index in [1.165, 1.54) is 13.2 Å². The molecule has 0 aromatic heterocycles. The number of nitrogens with zero attached hydrogens (tertiary/aromatic N) is 1. The van der Waals surface area contributed by atoms with Crippen molar-refractivity contribution in [2.24, 2.45) is 5.92 Å². The number of esters is 1. The van der Waals surface area contributed by atoms with Gasteiger partial charge in [0.1, 0.15) is 5.82 Å². The van der Waals surface area contributed by atoms with Crippen molar-refractivity contribution in [3.05, 3.63) is 29.0 Å². The van der Waals surface area contributed by atoms with Crippen LogP contribution < -0.4 is 4.90 Å². The summed E-state index contributed by atoms with van der Waals surface area (Å²) in [6.45, 7) is 1.57. The van der Waals surface area contributed by atoms with Crippen LogP contribution in [0, 0.1) is 11.7 Å². The third-order valence-electron chi connectivity index (χ3n) is 3.24. The first-order valence-corrected chi connectivity index (χ1v) is 6.24. The molecule has 0 N–H and O–H groups in total. The molecule has 0 spiro atoms. The van der Waals surface area contributed by atoms with E-state index in [2.05, 4.69) is 9.64 Å². The summed E-state index contributed by atoms with van der Waals surface area (Å²) in [5.41, 5.74) is 0.810. The predicted octanol–water partition coefficient (Wildman–Crippen LogP) is 2.87. The predicted molar refractivity (Wildman–Crippen MR) is 68.4 cm³/mol. The second-order valence-electron chi connectivity index (χ2n) is 4.48. The van der Waals surface area contributed by atoms with Gasteiger partial charge in [0.2, 0.25) is 0 Å². The van der Waals surface area contributed by atoms with Crippen molar-refractivity contribution in [2.75, 3.05) is 25.1 Å². The maximum Gasteiger partial charge on any atom is 0.305 e. The Morgan fingerprint density at radius 3 is 3.06 bits per heavy atom. The lowest BCUT2D eigenvalue weighted by molar-refractivity contribution is -0.141. The van der Waals surface area contributed by atoms with Crippen molar-refractivity contribution in [2.45, 2.75) is 12.8 Å². The smallest absolute Gasteiger partial charge is 0.305 e. The summed E-state index contributed by atoms with van der Waals surface area (Å²) in [4.78, 5) is 13.3. The first kappa shape index (κ1) is 13.1. The van der Waals surface area contributed by atoms with E-state index >= 15 is 0 Å². The van der Waals surface area contributed by atoms with Gasteiger partial charge in [-0.15, -0.1) is 0 Å². The van der Waals surface area contributed by atoms with Crippen LogP contribution in [0.25, 0.3) is 0 Å². The van der Waals surface area contributed by atoms with Gasteiger partial charge >= 0.3 is 5.97 Å². The van der Waals surface area contributed by atoms with E-state index in [1.807, 2.05) is 0 Å². The topological polar surface area (TPSA) is 29.5 Å². The fraction of sp³-hybridized carbons (Fsp3) is 0.462. The number of carbonyl (C=O) groups is 1. The standard InChI is InChI=1S/C13H15ClFNO2/c1-18-13(17)6-9-4-5-16(8-9)10-2-3-11(14)12(15)7-10/h2-3,7,9H,4-6,8H2,1H3. The van der Waals surface area contributed by atoms with Gasteiger partial charge in [0, 0.05) is 18.8 Å². The van der Waals surface area contributed by atoms with Gasteiger partial charge in [-0.1, -0.05) is 11.6 Å². The second kappa shape index (κ2) is 5.57. The molecule has 1 aliphatic heterocycles. The van der Waals surface area contributed by atoms with Gasteiger partial charge < -0.3 is 9.64 Å². The Bertz CT molecular complexity index is 453. The van der Waals surface area contributed by atoms with Crippen LogP contribution in [0.4, 0.5) is 10.1 Å². The lowest BCUT2D eigenvalue weighted by Gasteiger charge is -2.18. The zero-order valence-corrected chi connectivity index (χ0v) is 10.9. The highest BCUT2D eigenvalue weighted by Gasteiger charge is 2.25. The highest BCUT2D eigenvalue weighted by atomic mass is 35.5. The molecular formula is C13H15ClFNO2. The molecule has 5 heteroatoms. The van der Waals surface area contributed by atoms with E-state index in [4.69, 9.17) is 11.6 Å². The number of methoxy groups -OCH3 is 1. The van der Waals surface area contributed by atoms with E-state index in [1.54, 1.807) is 12.1 Å². The number of anilines is 1. The van der Waals surface area contributed by atoms with E-state index in [-0.39, 0.29) is 16.9 Å². The largest absolute Gasteiger partial charge is 0.469 e. The zero-order chi connectivity index (χ0) is 13.1. The maximum atomic E-state index is 13.4. The Labute approximate surface area is 110 Å². The van der Waals surface area contributed by atoms with Crippen LogP contribution in [0.5, 0.6) is 0 Å². The summed E-state index contributed by atoms with van der Waals surface area (Å²) in [6, 6.07) is 4.79. The summed E-state index contributed by atoms with van der Waals surface area (Å²) in [5, 5.41) is 0.129. The molecule has 0 radical (unpaired) electrons. The van der Waals surface area contributed by atoms with Crippen LogP contribution in [-0.4, -0.2) is 26.2 Å². The van der Waals surface area contributed by atoms with Gasteiger partial charge in [-0.05, 0) is 30.5 Å². The van der Waals surface area contributed by atoms with Gasteiger partial charge in [-0.2, -0.15) is 0 Å². The second-order valence-corrected chi connectivity index (χ2v) is 4.89. The average molecular weight is 272 g/mol. The number of benzene rings is 1. The van der Waals surface area contributed by atoms with E-state index in [0.717, 1.165) is 25.2 Å². The first-order chi connectivity index (χ1) is 8.60. The Morgan fingerprint density at radius 2 is 2.39 bits per heavy atom. The number of hydrogen-bond acceptors (Lipinski definition) is 3. The highest BCUT2D eigenvalue weighted by Crippen LogP contribution is 2.28. The summed E-state index contributed by atoms with van der Waals surface area (Å²) < 4.78 is 18.0. The van der Waals surface area contributed by atoms with Gasteiger partial charge in [0.25, 0.3) is 0 Å². The number of hydrogen-bond donors (Lipinski definition) is 0. The van der Waals surface area contributed by atoms with Crippen LogP contribution in [-0.2, 0) is 9.53 Å². The SMILES string of the molecule is COC(=O)CC1CCN(c2ccc(Cl)c(F)c2)C1. The maximum absolute atomic E-state index is 13.4. The molecule has 1 fully saturated rings. The van der Waals surface area contributed by atoms with Crippen molar-refractivity contribution < 1.29 is 13.9 Å². The lowest BCUT2D eigenvalue weighted by Crippen LogP contribution is -2.20. The molecule has 1 aromatic rings. The highest BCUT2D eigenvalue weighted by molar-refractivity contribution is 6.30. The molecule has 3 nitrogen and oxygen atoms in total. The Hall–Kier alpha value is -1.29. The normalized spacial score (nSPS) is 19.1. The molecule has 0 bridgehead atoms. The molecular weight excluding hydrogens is 257 g/mol. The molecule has 0 saturated carbocycles. The molecule has 1 unspecified atom stereocenters. The third kappa shape index (κ3) is 2.93. The molecule has 1 aliphatic rings. The minimum atomic E-state index is -0.411. The minimum Gasteiger partial charge on any atom is -0.469 e. The van der Waals surface area contributed by atoms with Crippen LogP contribution in [0.3, 0.4) is 0 Å². The molecule has 1 atom stereocenters. The summed E-state index contributed by atoms with van der Waals surface area (Å²) in [5.74, 6) is -0.328. The Kier molecular flexibility index (Phi) is 4.07. The lowest BCUT2D eigenvalue weighted by atomic mass is 10.1. The van der Waals surface area contributed by atoms with Crippen molar-refractivity contribution in [1.82, 2.24) is 0 Å². The van der Waals surface area contributed by atoms with Gasteiger partial charge in [0.05, 0.1) is 18.6 Å². The van der Waals surface area contributed by atoms with Gasteiger partial charge in [-0.25, -0.2) is 4.39 Å². The monoisotopic (exact) mass is 271 g/mol. The fourth-order valence-electron chi connectivity index (χ4n) is 2.23. The van der Waals surface area contributed by atoms with Gasteiger partial charge in [-0.3, -0.25) is 4.79 Å².